The fourth-order valence-electron chi connectivity index (χ4n) is 2.11. The Morgan fingerprint density at radius 3 is 2.33 bits per heavy atom. The molecule has 0 fully saturated rings. The van der Waals surface area contributed by atoms with Gasteiger partial charge in [0.2, 0.25) is 5.91 Å². The molecule has 0 unspecified atom stereocenters. The molecule has 2 rings (SSSR count). The third kappa shape index (κ3) is 6.67. The van der Waals surface area contributed by atoms with Crippen molar-refractivity contribution in [1.29, 1.82) is 0 Å². The Kier molecular flexibility index (Phi) is 7.25. The molecule has 2 aromatic rings. The van der Waals surface area contributed by atoms with Crippen molar-refractivity contribution in [2.45, 2.75) is 6.92 Å². The minimum atomic E-state index is -0.721. The quantitative estimate of drug-likeness (QED) is 0.516. The van der Waals surface area contributed by atoms with Crippen molar-refractivity contribution in [1.82, 2.24) is 5.32 Å². The minimum Gasteiger partial charge on any atom is -0.456 e. The van der Waals surface area contributed by atoms with Crippen LogP contribution in [0.1, 0.15) is 27.6 Å². The van der Waals surface area contributed by atoms with E-state index in [1.54, 1.807) is 36.4 Å². The Hall–Kier alpha value is -3.00. The predicted molar refractivity (Wildman–Crippen MR) is 103 cm³/mol. The predicted octanol–water partition coefficient (Wildman–Crippen LogP) is 2.56. The SMILES string of the molecule is CC(=O)Nc1ccc(C(=O)COC(=O)CNC(=O)c2cccc(Br)c2)cc1. The van der Waals surface area contributed by atoms with Crippen LogP contribution < -0.4 is 10.6 Å². The first-order valence-corrected chi connectivity index (χ1v) is 8.74. The van der Waals surface area contributed by atoms with E-state index in [9.17, 15) is 19.2 Å². The van der Waals surface area contributed by atoms with Crippen LogP contribution in [-0.2, 0) is 14.3 Å². The van der Waals surface area contributed by atoms with Gasteiger partial charge in [-0.05, 0) is 42.5 Å². The van der Waals surface area contributed by atoms with E-state index in [0.29, 0.717) is 16.8 Å². The van der Waals surface area contributed by atoms with E-state index in [1.807, 2.05) is 0 Å². The Bertz CT molecular complexity index is 865. The van der Waals surface area contributed by atoms with Gasteiger partial charge in [-0.1, -0.05) is 22.0 Å². The molecule has 140 valence electrons. The van der Waals surface area contributed by atoms with E-state index in [0.717, 1.165) is 4.47 Å². The summed E-state index contributed by atoms with van der Waals surface area (Å²) >= 11 is 3.26. The van der Waals surface area contributed by atoms with Gasteiger partial charge in [0.05, 0.1) is 0 Å². The Balaban J connectivity index is 1.78. The number of nitrogens with one attached hydrogen (secondary N) is 2. The van der Waals surface area contributed by atoms with Crippen molar-refractivity contribution in [3.63, 3.8) is 0 Å². The molecule has 2 aromatic carbocycles. The molecular formula is C19H17BrN2O5. The van der Waals surface area contributed by atoms with E-state index in [-0.39, 0.29) is 12.5 Å². The highest BCUT2D eigenvalue weighted by Crippen LogP contribution is 2.12. The number of Topliss-reactive ketones (excluding diaryl/α,β-unsaturated/α-hetero) is 1. The lowest BCUT2D eigenvalue weighted by molar-refractivity contribution is -0.141. The number of ether oxygens (including phenoxy) is 1. The summed E-state index contributed by atoms with van der Waals surface area (Å²) in [5.41, 5.74) is 1.30. The number of ketones is 1. The van der Waals surface area contributed by atoms with Crippen molar-refractivity contribution >= 4 is 45.2 Å². The molecule has 7 nitrogen and oxygen atoms in total. The third-order valence-corrected chi connectivity index (χ3v) is 3.86. The summed E-state index contributed by atoms with van der Waals surface area (Å²) in [6, 6.07) is 12.9. The maximum Gasteiger partial charge on any atom is 0.325 e. The number of carbonyl (C=O) groups excluding carboxylic acids is 4. The van der Waals surface area contributed by atoms with Crippen LogP contribution in [0.4, 0.5) is 5.69 Å². The van der Waals surface area contributed by atoms with Gasteiger partial charge in [0.15, 0.2) is 12.4 Å². The van der Waals surface area contributed by atoms with Gasteiger partial charge in [-0.3, -0.25) is 19.2 Å². The molecule has 0 saturated carbocycles. The Morgan fingerprint density at radius 1 is 1.00 bits per heavy atom. The number of esters is 1. The summed E-state index contributed by atoms with van der Waals surface area (Å²) in [5.74, 6) is -1.75. The summed E-state index contributed by atoms with van der Waals surface area (Å²) in [6.07, 6.45) is 0. The van der Waals surface area contributed by atoms with Crippen LogP contribution in [0.25, 0.3) is 0 Å². The molecule has 0 aliphatic rings. The number of carbonyl (C=O) groups is 4. The fraction of sp³-hybridized carbons (Fsp3) is 0.158. The van der Waals surface area contributed by atoms with Crippen LogP contribution in [0.5, 0.6) is 0 Å². The van der Waals surface area contributed by atoms with Gasteiger partial charge in [-0.15, -0.1) is 0 Å². The summed E-state index contributed by atoms with van der Waals surface area (Å²) in [6.45, 7) is 0.596. The first kappa shape index (κ1) is 20.3. The molecule has 0 bridgehead atoms. The second kappa shape index (κ2) is 9.63. The third-order valence-electron chi connectivity index (χ3n) is 3.37. The number of halogens is 1. The van der Waals surface area contributed by atoms with Crippen molar-refractivity contribution in [3.8, 4) is 0 Å². The summed E-state index contributed by atoms with van der Waals surface area (Å²) < 4.78 is 5.62. The molecule has 0 spiro atoms. The van der Waals surface area contributed by atoms with Crippen LogP contribution in [-0.4, -0.2) is 36.7 Å². The van der Waals surface area contributed by atoms with E-state index in [1.165, 1.54) is 19.1 Å². The zero-order valence-corrected chi connectivity index (χ0v) is 16.0. The molecule has 0 aliphatic heterocycles. The monoisotopic (exact) mass is 432 g/mol. The average Bonchev–Trinajstić information content (AvgIpc) is 2.64. The topological polar surface area (TPSA) is 102 Å². The lowest BCUT2D eigenvalue weighted by Crippen LogP contribution is -2.31. The van der Waals surface area contributed by atoms with Crippen LogP contribution in [0.15, 0.2) is 53.0 Å². The van der Waals surface area contributed by atoms with E-state index in [4.69, 9.17) is 4.74 Å². The van der Waals surface area contributed by atoms with Gasteiger partial charge in [0.1, 0.15) is 6.54 Å². The number of rotatable bonds is 7. The smallest absolute Gasteiger partial charge is 0.325 e. The normalized spacial score (nSPS) is 10.0. The molecule has 0 radical (unpaired) electrons. The van der Waals surface area contributed by atoms with Crippen molar-refractivity contribution < 1.29 is 23.9 Å². The lowest BCUT2D eigenvalue weighted by atomic mass is 10.1. The Labute approximate surface area is 164 Å². The molecule has 8 heteroatoms. The van der Waals surface area contributed by atoms with Gasteiger partial charge in [0.25, 0.3) is 5.91 Å². The highest BCUT2D eigenvalue weighted by molar-refractivity contribution is 9.10. The zero-order valence-electron chi connectivity index (χ0n) is 14.5. The summed E-state index contributed by atoms with van der Waals surface area (Å²) in [5, 5.41) is 5.02. The molecule has 0 saturated heterocycles. The summed E-state index contributed by atoms with van der Waals surface area (Å²) in [4.78, 5) is 46.6. The van der Waals surface area contributed by atoms with Crippen LogP contribution >= 0.6 is 15.9 Å². The van der Waals surface area contributed by atoms with Crippen molar-refractivity contribution in [2.75, 3.05) is 18.5 Å². The second-order valence-corrected chi connectivity index (χ2v) is 6.45. The standard InChI is InChI=1S/C19H17BrN2O5/c1-12(23)22-16-7-5-13(6-8-16)17(24)11-27-18(25)10-21-19(26)14-3-2-4-15(20)9-14/h2-9H,10-11H2,1H3,(H,21,26)(H,22,23). The number of amides is 2. The van der Waals surface area contributed by atoms with E-state index >= 15 is 0 Å². The van der Waals surface area contributed by atoms with E-state index < -0.39 is 24.3 Å². The fourth-order valence-corrected chi connectivity index (χ4v) is 2.51. The highest BCUT2D eigenvalue weighted by atomic mass is 79.9. The van der Waals surface area contributed by atoms with Gasteiger partial charge >= 0.3 is 5.97 Å². The zero-order chi connectivity index (χ0) is 19.8. The molecule has 27 heavy (non-hydrogen) atoms. The van der Waals surface area contributed by atoms with Gasteiger partial charge in [-0.2, -0.15) is 0 Å². The van der Waals surface area contributed by atoms with Crippen LogP contribution in [0, 0.1) is 0 Å². The lowest BCUT2D eigenvalue weighted by Gasteiger charge is -2.07. The molecule has 0 aliphatic carbocycles. The first-order chi connectivity index (χ1) is 12.8. The van der Waals surface area contributed by atoms with Crippen LogP contribution in [0.3, 0.4) is 0 Å². The maximum atomic E-state index is 12.0. The number of benzene rings is 2. The molecule has 0 heterocycles. The van der Waals surface area contributed by atoms with Gasteiger partial charge < -0.3 is 15.4 Å². The average molecular weight is 433 g/mol. The van der Waals surface area contributed by atoms with Crippen molar-refractivity contribution in [3.05, 3.63) is 64.1 Å². The molecule has 0 aromatic heterocycles. The first-order valence-electron chi connectivity index (χ1n) is 7.95. The summed E-state index contributed by atoms with van der Waals surface area (Å²) in [7, 11) is 0. The van der Waals surface area contributed by atoms with Crippen molar-refractivity contribution in [2.24, 2.45) is 0 Å². The van der Waals surface area contributed by atoms with E-state index in [2.05, 4.69) is 26.6 Å². The second-order valence-electron chi connectivity index (χ2n) is 5.54. The van der Waals surface area contributed by atoms with Gasteiger partial charge in [0, 0.05) is 28.2 Å². The molecule has 2 amide bonds. The molecule has 2 N–H and O–H groups in total. The maximum absolute atomic E-state index is 12.0. The minimum absolute atomic E-state index is 0.215. The molecule has 0 atom stereocenters. The van der Waals surface area contributed by atoms with Gasteiger partial charge in [-0.25, -0.2) is 0 Å². The Morgan fingerprint density at radius 2 is 1.70 bits per heavy atom. The van der Waals surface area contributed by atoms with Crippen LogP contribution in [0.2, 0.25) is 0 Å². The number of hydrogen-bond donors (Lipinski definition) is 2. The number of anilines is 1. The molecular weight excluding hydrogens is 416 g/mol. The largest absolute Gasteiger partial charge is 0.456 e. The number of hydrogen-bond acceptors (Lipinski definition) is 5. The highest BCUT2D eigenvalue weighted by Gasteiger charge is 2.12.